The molecule has 1 aliphatic rings. The summed E-state index contributed by atoms with van der Waals surface area (Å²) in [5, 5.41) is 14.3. The summed E-state index contributed by atoms with van der Waals surface area (Å²) in [6, 6.07) is 6.36. The number of rotatable bonds is 7. The SMILES string of the molecule is CC(CNCc1ccc(Br)cc1[N+](=O)[O-])N(C)C1CC1. The minimum Gasteiger partial charge on any atom is -0.311 e. The van der Waals surface area contributed by atoms with Gasteiger partial charge in [-0.3, -0.25) is 15.0 Å². The third kappa shape index (κ3) is 4.01. The minimum atomic E-state index is -0.332. The van der Waals surface area contributed by atoms with E-state index in [0.717, 1.165) is 22.6 Å². The van der Waals surface area contributed by atoms with E-state index in [1.54, 1.807) is 12.1 Å². The molecule has 1 saturated carbocycles. The molecule has 1 aromatic rings. The molecular weight excluding hydrogens is 322 g/mol. The standard InChI is InChI=1S/C14H20BrN3O2/c1-10(17(2)13-5-6-13)8-16-9-11-3-4-12(15)7-14(11)18(19)20/h3-4,7,10,13,16H,5-6,8-9H2,1-2H3. The quantitative estimate of drug-likeness (QED) is 0.611. The molecule has 1 aromatic carbocycles. The van der Waals surface area contributed by atoms with Gasteiger partial charge in [-0.15, -0.1) is 0 Å². The van der Waals surface area contributed by atoms with Crippen LogP contribution in [0.5, 0.6) is 0 Å². The van der Waals surface area contributed by atoms with Crippen molar-refractivity contribution in [2.45, 2.75) is 38.4 Å². The molecule has 6 heteroatoms. The highest BCUT2D eigenvalue weighted by Crippen LogP contribution is 2.27. The van der Waals surface area contributed by atoms with Gasteiger partial charge in [-0.05, 0) is 38.9 Å². The highest BCUT2D eigenvalue weighted by molar-refractivity contribution is 9.10. The van der Waals surface area contributed by atoms with Crippen LogP contribution >= 0.6 is 15.9 Å². The first-order valence-electron chi connectivity index (χ1n) is 6.84. The van der Waals surface area contributed by atoms with Crippen molar-refractivity contribution in [3.63, 3.8) is 0 Å². The van der Waals surface area contributed by atoms with Gasteiger partial charge in [0, 0.05) is 41.3 Å². The lowest BCUT2D eigenvalue weighted by Gasteiger charge is -2.24. The van der Waals surface area contributed by atoms with E-state index in [2.05, 4.69) is 40.1 Å². The first-order valence-corrected chi connectivity index (χ1v) is 7.64. The highest BCUT2D eigenvalue weighted by atomic mass is 79.9. The van der Waals surface area contributed by atoms with E-state index in [-0.39, 0.29) is 10.6 Å². The van der Waals surface area contributed by atoms with Crippen LogP contribution in [0.15, 0.2) is 22.7 Å². The Balaban J connectivity index is 1.88. The fourth-order valence-corrected chi connectivity index (χ4v) is 2.61. The van der Waals surface area contributed by atoms with Crippen molar-refractivity contribution in [3.8, 4) is 0 Å². The zero-order valence-electron chi connectivity index (χ0n) is 11.8. The van der Waals surface area contributed by atoms with E-state index in [9.17, 15) is 10.1 Å². The zero-order chi connectivity index (χ0) is 14.7. The fraction of sp³-hybridized carbons (Fsp3) is 0.571. The van der Waals surface area contributed by atoms with Gasteiger partial charge in [0.15, 0.2) is 0 Å². The maximum Gasteiger partial charge on any atom is 0.275 e. The van der Waals surface area contributed by atoms with Gasteiger partial charge in [0.1, 0.15) is 0 Å². The van der Waals surface area contributed by atoms with Crippen LogP contribution in [-0.2, 0) is 6.54 Å². The van der Waals surface area contributed by atoms with Crippen molar-refractivity contribution < 1.29 is 4.92 Å². The second-order valence-electron chi connectivity index (χ2n) is 5.41. The number of nitro groups is 1. The van der Waals surface area contributed by atoms with Gasteiger partial charge in [0.2, 0.25) is 0 Å². The predicted octanol–water partition coefficient (Wildman–Crippen LogP) is 2.93. The van der Waals surface area contributed by atoms with Gasteiger partial charge in [-0.1, -0.05) is 15.9 Å². The summed E-state index contributed by atoms with van der Waals surface area (Å²) >= 11 is 3.27. The van der Waals surface area contributed by atoms with Gasteiger partial charge >= 0.3 is 0 Å². The molecule has 0 amide bonds. The molecular formula is C14H20BrN3O2. The number of nitro benzene ring substituents is 1. The van der Waals surface area contributed by atoms with Gasteiger partial charge in [-0.25, -0.2) is 0 Å². The summed E-state index contributed by atoms with van der Waals surface area (Å²) in [7, 11) is 2.14. The van der Waals surface area contributed by atoms with E-state index >= 15 is 0 Å². The van der Waals surface area contributed by atoms with Crippen LogP contribution in [0.4, 0.5) is 5.69 Å². The molecule has 0 spiro atoms. The summed E-state index contributed by atoms with van der Waals surface area (Å²) in [5.74, 6) is 0. The van der Waals surface area contributed by atoms with E-state index in [4.69, 9.17) is 0 Å². The number of nitrogens with zero attached hydrogens (tertiary/aromatic N) is 2. The first kappa shape index (κ1) is 15.4. The largest absolute Gasteiger partial charge is 0.311 e. The van der Waals surface area contributed by atoms with Crippen LogP contribution in [0.1, 0.15) is 25.3 Å². The molecule has 0 aromatic heterocycles. The highest BCUT2D eigenvalue weighted by Gasteiger charge is 2.28. The maximum atomic E-state index is 11.0. The van der Waals surface area contributed by atoms with Gasteiger partial charge in [-0.2, -0.15) is 0 Å². The molecule has 5 nitrogen and oxygen atoms in total. The number of hydrogen-bond donors (Lipinski definition) is 1. The third-order valence-corrected chi connectivity index (χ3v) is 4.31. The number of benzene rings is 1. The Labute approximate surface area is 127 Å². The molecule has 1 aliphatic carbocycles. The van der Waals surface area contributed by atoms with Gasteiger partial charge < -0.3 is 5.32 Å². The Morgan fingerprint density at radius 3 is 2.85 bits per heavy atom. The van der Waals surface area contributed by atoms with E-state index in [0.29, 0.717) is 12.6 Å². The van der Waals surface area contributed by atoms with Crippen molar-refractivity contribution in [1.82, 2.24) is 10.2 Å². The van der Waals surface area contributed by atoms with Crippen molar-refractivity contribution in [2.75, 3.05) is 13.6 Å². The molecule has 0 radical (unpaired) electrons. The van der Waals surface area contributed by atoms with Crippen molar-refractivity contribution in [2.24, 2.45) is 0 Å². The second-order valence-corrected chi connectivity index (χ2v) is 6.32. The molecule has 1 N–H and O–H groups in total. The van der Waals surface area contributed by atoms with Crippen molar-refractivity contribution in [3.05, 3.63) is 38.3 Å². The second kappa shape index (κ2) is 6.65. The Morgan fingerprint density at radius 1 is 1.55 bits per heavy atom. The normalized spacial score (nSPS) is 16.4. The molecule has 1 atom stereocenters. The maximum absolute atomic E-state index is 11.0. The summed E-state index contributed by atoms with van der Waals surface area (Å²) in [6.45, 7) is 3.54. The van der Waals surface area contributed by atoms with Crippen LogP contribution < -0.4 is 5.32 Å². The molecule has 1 unspecified atom stereocenters. The Kier molecular flexibility index (Phi) is 5.12. The summed E-state index contributed by atoms with van der Waals surface area (Å²) in [5.41, 5.74) is 0.884. The number of likely N-dealkylation sites (N-methyl/N-ethyl adjacent to an activating group) is 1. The smallest absolute Gasteiger partial charge is 0.275 e. The fourth-order valence-electron chi connectivity index (χ4n) is 2.26. The van der Waals surface area contributed by atoms with Crippen molar-refractivity contribution >= 4 is 21.6 Å². The molecule has 0 saturated heterocycles. The number of halogens is 1. The molecule has 2 rings (SSSR count). The molecule has 0 bridgehead atoms. The van der Waals surface area contributed by atoms with Gasteiger partial charge in [0.25, 0.3) is 5.69 Å². The molecule has 0 heterocycles. The molecule has 1 fully saturated rings. The number of nitrogens with one attached hydrogen (secondary N) is 1. The molecule has 110 valence electrons. The summed E-state index contributed by atoms with van der Waals surface area (Å²) < 4.78 is 0.731. The van der Waals surface area contributed by atoms with Crippen LogP contribution in [0.3, 0.4) is 0 Å². The van der Waals surface area contributed by atoms with E-state index < -0.39 is 0 Å². The monoisotopic (exact) mass is 341 g/mol. The van der Waals surface area contributed by atoms with Crippen LogP contribution in [0, 0.1) is 10.1 Å². The lowest BCUT2D eigenvalue weighted by Crippen LogP contribution is -2.39. The molecule has 0 aliphatic heterocycles. The summed E-state index contributed by atoms with van der Waals surface area (Å²) in [6.07, 6.45) is 2.58. The van der Waals surface area contributed by atoms with Crippen LogP contribution in [0.2, 0.25) is 0 Å². The Hall–Kier alpha value is -0.980. The van der Waals surface area contributed by atoms with E-state index in [1.165, 1.54) is 12.8 Å². The van der Waals surface area contributed by atoms with Crippen molar-refractivity contribution in [1.29, 1.82) is 0 Å². The first-order chi connectivity index (χ1) is 9.49. The van der Waals surface area contributed by atoms with Crippen LogP contribution in [-0.4, -0.2) is 35.5 Å². The van der Waals surface area contributed by atoms with Gasteiger partial charge in [0.05, 0.1) is 4.92 Å². The average Bonchev–Trinajstić information content (AvgIpc) is 3.23. The summed E-state index contributed by atoms with van der Waals surface area (Å²) in [4.78, 5) is 13.1. The molecule has 20 heavy (non-hydrogen) atoms. The Bertz CT molecular complexity index is 491. The Morgan fingerprint density at radius 2 is 2.25 bits per heavy atom. The average molecular weight is 342 g/mol. The topological polar surface area (TPSA) is 58.4 Å². The zero-order valence-corrected chi connectivity index (χ0v) is 13.4. The number of hydrogen-bond acceptors (Lipinski definition) is 4. The third-order valence-electron chi connectivity index (χ3n) is 3.82. The lowest BCUT2D eigenvalue weighted by molar-refractivity contribution is -0.385. The van der Waals surface area contributed by atoms with E-state index in [1.807, 2.05) is 6.07 Å². The minimum absolute atomic E-state index is 0.162. The predicted molar refractivity (Wildman–Crippen MR) is 82.8 cm³/mol. The lowest BCUT2D eigenvalue weighted by atomic mass is 10.1. The van der Waals surface area contributed by atoms with Crippen LogP contribution in [0.25, 0.3) is 0 Å².